The zero-order chi connectivity index (χ0) is 26.4. The van der Waals surface area contributed by atoms with Gasteiger partial charge < -0.3 is 42.3 Å². The van der Waals surface area contributed by atoms with Crippen LogP contribution in [0.2, 0.25) is 0 Å². The first-order chi connectivity index (χ1) is 17.1. The van der Waals surface area contributed by atoms with Crippen molar-refractivity contribution in [3.8, 4) is 0 Å². The largest absolute Gasteiger partial charge is 0.481 e. The molecule has 0 spiro atoms. The van der Waals surface area contributed by atoms with Crippen molar-refractivity contribution in [3.63, 3.8) is 0 Å². The van der Waals surface area contributed by atoms with E-state index in [-0.39, 0.29) is 24.2 Å². The van der Waals surface area contributed by atoms with E-state index in [2.05, 4.69) is 64.9 Å². The minimum Gasteiger partial charge on any atom is -0.481 e. The van der Waals surface area contributed by atoms with Crippen LogP contribution in [0.4, 0.5) is 0 Å². The molecule has 0 aromatic carbocycles. The van der Waals surface area contributed by atoms with Gasteiger partial charge in [-0.3, -0.25) is 9.59 Å². The van der Waals surface area contributed by atoms with Crippen LogP contribution in [0.3, 0.4) is 0 Å². The third kappa shape index (κ3) is 12.3. The van der Waals surface area contributed by atoms with Gasteiger partial charge in [0.25, 0.3) is 0 Å². The van der Waals surface area contributed by atoms with Crippen molar-refractivity contribution in [1.82, 2.24) is 37.2 Å². The number of amides is 1. The smallest absolute Gasteiger partial charge is 0.303 e. The molecule has 10 nitrogen and oxygen atoms in total. The Bertz CT molecular complexity index is 606. The van der Waals surface area contributed by atoms with Crippen molar-refractivity contribution in [2.24, 2.45) is 23.2 Å². The number of aliphatic carboxylic acids is 1. The Kier molecular flexibility index (Phi) is 13.6. The first-order valence-electron chi connectivity index (χ1n) is 13.9. The van der Waals surface area contributed by atoms with E-state index in [0.29, 0.717) is 43.8 Å². The van der Waals surface area contributed by atoms with Gasteiger partial charge in [-0.05, 0) is 63.4 Å². The number of fused-ring (bicyclic) bond motifs is 18. The van der Waals surface area contributed by atoms with Gasteiger partial charge in [-0.1, -0.05) is 27.7 Å². The molecule has 8 N–H and O–H groups in total. The van der Waals surface area contributed by atoms with Gasteiger partial charge in [-0.25, -0.2) is 0 Å². The lowest BCUT2D eigenvalue weighted by Gasteiger charge is -2.38. The Hall–Kier alpha value is -1.30. The SMILES string of the molecule is CC1CNC[C@]2(C)CNCC(C)CNC[C@](NC(=O)CCCC(=O)O)(CNC1)CNCC(C)CNC2. The summed E-state index contributed by atoms with van der Waals surface area (Å²) in [4.78, 5) is 23.8. The molecule has 0 radical (unpaired) electrons. The summed E-state index contributed by atoms with van der Waals surface area (Å²) < 4.78 is 0. The van der Waals surface area contributed by atoms with Crippen molar-refractivity contribution in [3.05, 3.63) is 0 Å². The molecule has 3 aliphatic heterocycles. The highest BCUT2D eigenvalue weighted by molar-refractivity contribution is 5.77. The number of carboxylic acids is 1. The fraction of sp³-hybridized carbons (Fsp3) is 0.923. The molecule has 2 bridgehead atoms. The summed E-state index contributed by atoms with van der Waals surface area (Å²) in [6.45, 7) is 19.2. The van der Waals surface area contributed by atoms with Gasteiger partial charge in [0.05, 0.1) is 5.54 Å². The Labute approximate surface area is 218 Å². The molecule has 0 aliphatic carbocycles. The molecular formula is C26H53N7O3. The van der Waals surface area contributed by atoms with Gasteiger partial charge in [-0.2, -0.15) is 0 Å². The highest BCUT2D eigenvalue weighted by atomic mass is 16.4. The van der Waals surface area contributed by atoms with Crippen LogP contribution in [0.15, 0.2) is 0 Å². The van der Waals surface area contributed by atoms with Crippen LogP contribution in [-0.2, 0) is 9.59 Å². The average Bonchev–Trinajstić information content (AvgIpc) is 2.77. The lowest BCUT2D eigenvalue weighted by molar-refractivity contribution is -0.137. The van der Waals surface area contributed by atoms with E-state index in [1.807, 2.05) is 0 Å². The molecule has 0 aromatic rings. The third-order valence-corrected chi connectivity index (χ3v) is 7.20. The molecule has 3 saturated heterocycles. The van der Waals surface area contributed by atoms with Gasteiger partial charge in [0.2, 0.25) is 5.91 Å². The predicted octanol–water partition coefficient (Wildman–Crippen LogP) is -0.424. The molecule has 0 saturated carbocycles. The van der Waals surface area contributed by atoms with E-state index in [1.54, 1.807) is 0 Å². The van der Waals surface area contributed by atoms with E-state index in [0.717, 1.165) is 58.9 Å². The molecule has 3 fully saturated rings. The topological polar surface area (TPSA) is 139 Å². The second-order valence-corrected chi connectivity index (χ2v) is 12.0. The molecule has 10 heteroatoms. The summed E-state index contributed by atoms with van der Waals surface area (Å²) in [5.41, 5.74) is -0.387. The van der Waals surface area contributed by atoms with Crippen molar-refractivity contribution < 1.29 is 14.7 Å². The van der Waals surface area contributed by atoms with Gasteiger partial charge in [0, 0.05) is 57.5 Å². The maximum Gasteiger partial charge on any atom is 0.303 e. The number of hydrogen-bond acceptors (Lipinski definition) is 8. The molecule has 1 amide bonds. The number of carbonyl (C=O) groups excluding carboxylic acids is 1. The first kappa shape index (κ1) is 30.9. The van der Waals surface area contributed by atoms with E-state index in [1.165, 1.54) is 0 Å². The Morgan fingerprint density at radius 1 is 0.694 bits per heavy atom. The summed E-state index contributed by atoms with van der Waals surface area (Å²) >= 11 is 0. The van der Waals surface area contributed by atoms with Gasteiger partial charge in [0.1, 0.15) is 0 Å². The molecule has 0 aromatic heterocycles. The molecular weight excluding hydrogens is 458 g/mol. The molecule has 3 atom stereocenters. The maximum absolute atomic E-state index is 12.9. The standard InChI is InChI=1S/C26H53N7O3/c1-20-8-27-14-25(4)15-28-9-21(2)12-31-18-26(17-30-11-20,19-32-13-22(3)10-29-16-25)33-23(34)6-5-7-24(35)36/h20-22,27-32H,5-19H2,1-4H3,(H,33,34)(H,35,36)/t20?,21?,22?,25-,26-. The van der Waals surface area contributed by atoms with E-state index in [9.17, 15) is 9.59 Å². The predicted molar refractivity (Wildman–Crippen MR) is 145 cm³/mol. The average molecular weight is 512 g/mol. The number of rotatable bonds is 5. The summed E-state index contributed by atoms with van der Waals surface area (Å²) in [5, 5.41) is 34.3. The van der Waals surface area contributed by atoms with Gasteiger partial charge >= 0.3 is 5.97 Å². The Morgan fingerprint density at radius 2 is 1.06 bits per heavy atom. The highest BCUT2D eigenvalue weighted by Crippen LogP contribution is 2.14. The maximum atomic E-state index is 12.9. The zero-order valence-electron chi connectivity index (χ0n) is 23.1. The van der Waals surface area contributed by atoms with Crippen LogP contribution >= 0.6 is 0 Å². The fourth-order valence-electron chi connectivity index (χ4n) is 5.02. The van der Waals surface area contributed by atoms with Crippen LogP contribution in [-0.4, -0.2) is 101 Å². The second kappa shape index (κ2) is 15.8. The molecule has 3 unspecified atom stereocenters. The second-order valence-electron chi connectivity index (χ2n) is 12.0. The summed E-state index contributed by atoms with van der Waals surface area (Å²) in [6.07, 6.45) is 0.570. The normalized spacial score (nSPS) is 34.4. The van der Waals surface area contributed by atoms with Crippen molar-refractivity contribution in [1.29, 1.82) is 0 Å². The van der Waals surface area contributed by atoms with Crippen molar-refractivity contribution in [2.45, 2.75) is 52.5 Å². The van der Waals surface area contributed by atoms with Gasteiger partial charge in [-0.15, -0.1) is 0 Å². The van der Waals surface area contributed by atoms with Crippen molar-refractivity contribution in [2.75, 3.05) is 78.5 Å². The van der Waals surface area contributed by atoms with Crippen LogP contribution in [0.1, 0.15) is 47.0 Å². The minimum absolute atomic E-state index is 0.00770. The summed E-state index contributed by atoms with van der Waals surface area (Å²) in [6, 6.07) is 0. The van der Waals surface area contributed by atoms with Crippen LogP contribution < -0.4 is 37.2 Å². The van der Waals surface area contributed by atoms with E-state index in [4.69, 9.17) is 5.11 Å². The number of hydrogen-bond donors (Lipinski definition) is 8. The Morgan fingerprint density at radius 3 is 1.42 bits per heavy atom. The third-order valence-electron chi connectivity index (χ3n) is 7.20. The quantitative estimate of drug-likeness (QED) is 0.247. The molecule has 3 heterocycles. The monoisotopic (exact) mass is 511 g/mol. The van der Waals surface area contributed by atoms with Crippen LogP contribution in [0.5, 0.6) is 0 Å². The fourth-order valence-corrected chi connectivity index (χ4v) is 5.02. The highest BCUT2D eigenvalue weighted by Gasteiger charge is 2.32. The number of carbonyl (C=O) groups is 2. The summed E-state index contributed by atoms with van der Waals surface area (Å²) in [7, 11) is 0. The van der Waals surface area contributed by atoms with Crippen LogP contribution in [0.25, 0.3) is 0 Å². The molecule has 210 valence electrons. The zero-order valence-corrected chi connectivity index (χ0v) is 23.1. The van der Waals surface area contributed by atoms with E-state index < -0.39 is 11.5 Å². The number of carboxylic acid groups (broad SMARTS) is 1. The first-order valence-corrected chi connectivity index (χ1v) is 13.9. The Balaban J connectivity index is 2.23. The lowest BCUT2D eigenvalue weighted by Crippen LogP contribution is -2.65. The van der Waals surface area contributed by atoms with Crippen molar-refractivity contribution >= 4 is 11.9 Å². The van der Waals surface area contributed by atoms with Gasteiger partial charge in [0.15, 0.2) is 0 Å². The number of nitrogens with one attached hydrogen (secondary N) is 7. The minimum atomic E-state index is -0.867. The molecule has 3 rings (SSSR count). The summed E-state index contributed by atoms with van der Waals surface area (Å²) in [5.74, 6) is 0.375. The van der Waals surface area contributed by atoms with E-state index >= 15 is 0 Å². The molecule has 36 heavy (non-hydrogen) atoms. The van der Waals surface area contributed by atoms with Crippen LogP contribution in [0, 0.1) is 23.2 Å². The lowest BCUT2D eigenvalue weighted by atomic mass is 9.89. The molecule has 3 aliphatic rings.